The summed E-state index contributed by atoms with van der Waals surface area (Å²) >= 11 is 0. The minimum Gasteiger partial charge on any atom is -0.355 e. The van der Waals surface area contributed by atoms with Crippen molar-refractivity contribution >= 4 is 5.95 Å². The fourth-order valence-electron chi connectivity index (χ4n) is 1.96. The Labute approximate surface area is 107 Å². The van der Waals surface area contributed by atoms with Gasteiger partial charge in [-0.3, -0.25) is 4.57 Å². The smallest absolute Gasteiger partial charge is 0.224 e. The lowest BCUT2D eigenvalue weighted by atomic mass is 10.1. The third-order valence-corrected chi connectivity index (χ3v) is 2.87. The maximum absolute atomic E-state index is 6.25. The van der Waals surface area contributed by atoms with E-state index in [1.165, 1.54) is 0 Å². The highest BCUT2D eigenvalue weighted by Gasteiger charge is 2.18. The van der Waals surface area contributed by atoms with Crippen molar-refractivity contribution in [3.05, 3.63) is 41.7 Å². The van der Waals surface area contributed by atoms with Gasteiger partial charge in [0, 0.05) is 13.1 Å². The van der Waals surface area contributed by atoms with Crippen LogP contribution in [-0.2, 0) is 6.54 Å². The first kappa shape index (κ1) is 12.6. The molecule has 0 bridgehead atoms. The molecule has 0 radical (unpaired) electrons. The van der Waals surface area contributed by atoms with Crippen molar-refractivity contribution < 1.29 is 0 Å². The van der Waals surface area contributed by atoms with Gasteiger partial charge in [0.1, 0.15) is 0 Å². The molecule has 1 atom stereocenters. The molecule has 5 heteroatoms. The van der Waals surface area contributed by atoms with Crippen molar-refractivity contribution in [2.45, 2.75) is 26.4 Å². The van der Waals surface area contributed by atoms with Gasteiger partial charge in [0.2, 0.25) is 5.95 Å². The van der Waals surface area contributed by atoms with Gasteiger partial charge >= 0.3 is 0 Å². The Balaban J connectivity index is 2.33. The average Bonchev–Trinajstić information content (AvgIpc) is 2.82. The lowest BCUT2D eigenvalue weighted by molar-refractivity contribution is 0.659. The molecule has 2 aromatic rings. The van der Waals surface area contributed by atoms with Gasteiger partial charge in [-0.1, -0.05) is 30.3 Å². The minimum absolute atomic E-state index is 0.244. The number of nitrogens with two attached hydrogens (primary N) is 1. The summed E-state index contributed by atoms with van der Waals surface area (Å²) in [6.45, 7) is 5.71. The zero-order chi connectivity index (χ0) is 13.0. The number of anilines is 1. The zero-order valence-electron chi connectivity index (χ0n) is 10.8. The SMILES string of the molecule is CCNc1nnc(C(N)c2ccccc2)n1CC. The van der Waals surface area contributed by atoms with Crippen molar-refractivity contribution in [1.82, 2.24) is 14.8 Å². The highest BCUT2D eigenvalue weighted by molar-refractivity contribution is 5.30. The number of nitrogens with one attached hydrogen (secondary N) is 1. The maximum atomic E-state index is 6.25. The lowest BCUT2D eigenvalue weighted by Gasteiger charge is -2.13. The highest BCUT2D eigenvalue weighted by atomic mass is 15.4. The normalized spacial score (nSPS) is 12.4. The van der Waals surface area contributed by atoms with E-state index < -0.39 is 0 Å². The van der Waals surface area contributed by atoms with Crippen LogP contribution in [0.1, 0.15) is 31.3 Å². The Morgan fingerprint density at radius 2 is 1.94 bits per heavy atom. The summed E-state index contributed by atoms with van der Waals surface area (Å²) in [6, 6.07) is 9.70. The molecule has 0 aliphatic rings. The second kappa shape index (κ2) is 5.64. The van der Waals surface area contributed by atoms with Gasteiger partial charge in [-0.05, 0) is 19.4 Å². The first-order valence-corrected chi connectivity index (χ1v) is 6.25. The second-order valence-corrected chi connectivity index (χ2v) is 4.04. The molecule has 0 saturated carbocycles. The van der Waals surface area contributed by atoms with Crippen LogP contribution in [-0.4, -0.2) is 21.3 Å². The maximum Gasteiger partial charge on any atom is 0.224 e. The molecule has 0 aliphatic heterocycles. The molecule has 0 amide bonds. The van der Waals surface area contributed by atoms with Gasteiger partial charge < -0.3 is 11.1 Å². The molecule has 2 rings (SSSR count). The predicted molar refractivity (Wildman–Crippen MR) is 72.3 cm³/mol. The summed E-state index contributed by atoms with van der Waals surface area (Å²) in [5.41, 5.74) is 7.30. The number of benzene rings is 1. The van der Waals surface area contributed by atoms with E-state index in [1.54, 1.807) is 0 Å². The van der Waals surface area contributed by atoms with Crippen LogP contribution < -0.4 is 11.1 Å². The van der Waals surface area contributed by atoms with E-state index >= 15 is 0 Å². The van der Waals surface area contributed by atoms with E-state index in [9.17, 15) is 0 Å². The van der Waals surface area contributed by atoms with Crippen LogP contribution in [0.2, 0.25) is 0 Å². The van der Waals surface area contributed by atoms with Gasteiger partial charge in [-0.25, -0.2) is 0 Å². The van der Waals surface area contributed by atoms with Crippen molar-refractivity contribution in [2.75, 3.05) is 11.9 Å². The van der Waals surface area contributed by atoms with Crippen molar-refractivity contribution in [2.24, 2.45) is 5.73 Å². The molecule has 0 spiro atoms. The molecule has 96 valence electrons. The van der Waals surface area contributed by atoms with E-state index in [2.05, 4.69) is 22.4 Å². The fourth-order valence-corrected chi connectivity index (χ4v) is 1.96. The second-order valence-electron chi connectivity index (χ2n) is 4.04. The standard InChI is InChI=1S/C13H19N5/c1-3-15-13-17-16-12(18(13)4-2)11(14)10-8-6-5-7-9-10/h5-9,11H,3-4,14H2,1-2H3,(H,15,17). The van der Waals surface area contributed by atoms with E-state index in [0.717, 1.165) is 30.4 Å². The van der Waals surface area contributed by atoms with Crippen LogP contribution in [0.25, 0.3) is 0 Å². The van der Waals surface area contributed by atoms with Crippen LogP contribution >= 0.6 is 0 Å². The number of rotatable bonds is 5. The largest absolute Gasteiger partial charge is 0.355 e. The number of hydrogen-bond acceptors (Lipinski definition) is 4. The number of nitrogens with zero attached hydrogens (tertiary/aromatic N) is 3. The zero-order valence-corrected chi connectivity index (χ0v) is 10.8. The molecule has 0 aliphatic carbocycles. The first-order chi connectivity index (χ1) is 8.77. The minimum atomic E-state index is -0.244. The third-order valence-electron chi connectivity index (χ3n) is 2.87. The Morgan fingerprint density at radius 1 is 1.22 bits per heavy atom. The fraction of sp³-hybridized carbons (Fsp3) is 0.385. The molecule has 3 N–H and O–H groups in total. The van der Waals surface area contributed by atoms with E-state index in [0.29, 0.717) is 0 Å². The molecule has 0 fully saturated rings. The molecule has 0 saturated heterocycles. The Kier molecular flexibility index (Phi) is 3.94. The summed E-state index contributed by atoms with van der Waals surface area (Å²) in [5, 5.41) is 11.5. The third kappa shape index (κ3) is 2.36. The summed E-state index contributed by atoms with van der Waals surface area (Å²) in [5.74, 6) is 1.57. The highest BCUT2D eigenvalue weighted by Crippen LogP contribution is 2.20. The van der Waals surface area contributed by atoms with Crippen LogP contribution in [0.3, 0.4) is 0 Å². The predicted octanol–water partition coefficient (Wildman–Crippen LogP) is 1.78. The van der Waals surface area contributed by atoms with Crippen molar-refractivity contribution in [3.63, 3.8) is 0 Å². The van der Waals surface area contributed by atoms with Crippen LogP contribution in [0.4, 0.5) is 5.95 Å². The van der Waals surface area contributed by atoms with E-state index in [1.807, 2.05) is 41.8 Å². The molecular formula is C13H19N5. The molecule has 5 nitrogen and oxygen atoms in total. The number of aromatic nitrogens is 3. The van der Waals surface area contributed by atoms with Crippen molar-refractivity contribution in [3.8, 4) is 0 Å². The Bertz CT molecular complexity index is 491. The summed E-state index contributed by atoms with van der Waals surface area (Å²) in [6.07, 6.45) is 0. The van der Waals surface area contributed by atoms with Crippen LogP contribution in [0.15, 0.2) is 30.3 Å². The summed E-state index contributed by atoms with van der Waals surface area (Å²) in [7, 11) is 0. The molecule has 18 heavy (non-hydrogen) atoms. The van der Waals surface area contributed by atoms with Crippen LogP contribution in [0.5, 0.6) is 0 Å². The van der Waals surface area contributed by atoms with Gasteiger partial charge in [0.05, 0.1) is 6.04 Å². The van der Waals surface area contributed by atoms with E-state index in [4.69, 9.17) is 5.73 Å². The quantitative estimate of drug-likeness (QED) is 0.842. The molecule has 1 unspecified atom stereocenters. The Hall–Kier alpha value is -1.88. The first-order valence-electron chi connectivity index (χ1n) is 6.25. The monoisotopic (exact) mass is 245 g/mol. The summed E-state index contributed by atoms with van der Waals surface area (Å²) < 4.78 is 2.02. The molecule has 1 aromatic carbocycles. The van der Waals surface area contributed by atoms with Crippen molar-refractivity contribution in [1.29, 1.82) is 0 Å². The van der Waals surface area contributed by atoms with Crippen LogP contribution in [0, 0.1) is 0 Å². The van der Waals surface area contributed by atoms with Gasteiger partial charge in [0.25, 0.3) is 0 Å². The molecule has 1 heterocycles. The van der Waals surface area contributed by atoms with Gasteiger partial charge in [-0.2, -0.15) is 0 Å². The van der Waals surface area contributed by atoms with E-state index in [-0.39, 0.29) is 6.04 Å². The molecular weight excluding hydrogens is 226 g/mol. The molecule has 1 aromatic heterocycles. The number of hydrogen-bond donors (Lipinski definition) is 2. The van der Waals surface area contributed by atoms with Gasteiger partial charge in [0.15, 0.2) is 5.82 Å². The summed E-state index contributed by atoms with van der Waals surface area (Å²) in [4.78, 5) is 0. The average molecular weight is 245 g/mol. The van der Waals surface area contributed by atoms with Gasteiger partial charge in [-0.15, -0.1) is 10.2 Å². The lowest BCUT2D eigenvalue weighted by Crippen LogP contribution is -2.18. The topological polar surface area (TPSA) is 68.8 Å². The Morgan fingerprint density at radius 3 is 2.56 bits per heavy atom.